The van der Waals surface area contributed by atoms with Crippen molar-refractivity contribution in [2.75, 3.05) is 0 Å². The molecule has 0 bridgehead atoms. The lowest BCUT2D eigenvalue weighted by atomic mass is 9.75. The number of esters is 4. The van der Waals surface area contributed by atoms with Gasteiger partial charge in [0.05, 0.1) is 5.57 Å². The molecule has 0 spiro atoms. The molecule has 2 aromatic heterocycles. The Bertz CT molecular complexity index is 4970. The fourth-order valence-electron chi connectivity index (χ4n) is 13.2. The van der Waals surface area contributed by atoms with Gasteiger partial charge in [-0.1, -0.05) is 188 Å². The van der Waals surface area contributed by atoms with E-state index in [9.17, 15) is 14.4 Å². The topological polar surface area (TPSA) is 175 Å². The van der Waals surface area contributed by atoms with Gasteiger partial charge in [0.1, 0.15) is 37.9 Å². The second kappa shape index (κ2) is 23.6. The Labute approximate surface area is 551 Å². The first-order chi connectivity index (χ1) is 46.4. The number of hydrogen-bond acceptors (Lipinski definition) is 15. The van der Waals surface area contributed by atoms with Gasteiger partial charge >= 0.3 is 35.1 Å². The standard InChI is InChI=1S/C80H52O13S2/c81-70-57(30-56-29-50-25-13-14-26-51(50)32-60(56)70)31-58-40-66-73(94-58)63-35-54-38-69-64(36-55(54)37-68(63)92-79(66,75(84)88-42-46-17-5-1-6-18-46)76(85)89-43-47-19-7-2-8-20-47)74-67(41-59(95-74)39-65-71(82)61-33-52-27-15-16-28-53(52)34-62(61)72(65)83)80(93-69,77(86)90-44-48-21-9-3-10-22-48)78(87)91-45-49-23-11-4-12-24-49/h1-29,31-41,54-55H,30,42-45H2/b57-31+. The molecule has 10 aromatic rings. The molecule has 16 rings (SSSR count). The smallest absolute Gasteiger partial charge is 0.367 e. The van der Waals surface area contributed by atoms with E-state index in [1.807, 2.05) is 127 Å². The molecule has 8 aromatic carbocycles. The zero-order valence-electron chi connectivity index (χ0n) is 50.4. The van der Waals surface area contributed by atoms with Gasteiger partial charge in [-0.05, 0) is 104 Å². The average molecular weight is 1290 g/mol. The predicted octanol–water partition coefficient (Wildman–Crippen LogP) is 15.3. The van der Waals surface area contributed by atoms with Crippen molar-refractivity contribution >= 4 is 109 Å². The lowest BCUT2D eigenvalue weighted by Crippen LogP contribution is -2.51. The highest BCUT2D eigenvalue weighted by molar-refractivity contribution is 7.14. The Morgan fingerprint density at radius 2 is 0.758 bits per heavy atom. The highest BCUT2D eigenvalue weighted by atomic mass is 32.1. The van der Waals surface area contributed by atoms with E-state index in [0.717, 1.165) is 38.4 Å². The molecular weight excluding hydrogens is 1230 g/mol. The van der Waals surface area contributed by atoms with Crippen LogP contribution in [0.25, 0.3) is 44.8 Å². The van der Waals surface area contributed by atoms with Crippen LogP contribution in [0.3, 0.4) is 0 Å². The fraction of sp³-hybridized carbons (Fsp3) is 0.113. The minimum absolute atomic E-state index is 0.0467. The van der Waals surface area contributed by atoms with Gasteiger partial charge in [0.2, 0.25) is 0 Å². The normalized spacial score (nSPS) is 17.8. The van der Waals surface area contributed by atoms with Crippen LogP contribution < -0.4 is 0 Å². The quantitative estimate of drug-likeness (QED) is 0.0331. The number of carbonyl (C=O) groups excluding carboxylic acids is 7. The van der Waals surface area contributed by atoms with Crippen LogP contribution >= 0.6 is 22.7 Å². The first-order valence-corrected chi connectivity index (χ1v) is 32.5. The minimum atomic E-state index is -2.61. The van der Waals surface area contributed by atoms with E-state index in [4.69, 9.17) is 28.4 Å². The third kappa shape index (κ3) is 10.3. The Morgan fingerprint density at radius 3 is 1.15 bits per heavy atom. The Hall–Kier alpha value is -11.4. The summed E-state index contributed by atoms with van der Waals surface area (Å²) >= 11 is 2.40. The van der Waals surface area contributed by atoms with E-state index in [-0.39, 0.29) is 71.6 Å². The largest absolute Gasteiger partial charge is 0.459 e. The molecule has 0 amide bonds. The molecule has 0 N–H and O–H groups in total. The molecule has 4 aliphatic carbocycles. The predicted molar refractivity (Wildman–Crippen MR) is 359 cm³/mol. The summed E-state index contributed by atoms with van der Waals surface area (Å²) in [4.78, 5) is 107. The van der Waals surface area contributed by atoms with Crippen molar-refractivity contribution in [2.45, 2.75) is 44.1 Å². The summed E-state index contributed by atoms with van der Waals surface area (Å²) in [5.41, 5.74) is 0.927. The summed E-state index contributed by atoms with van der Waals surface area (Å²) in [5.74, 6) is -6.28. The van der Waals surface area contributed by atoms with Crippen molar-refractivity contribution in [2.24, 2.45) is 11.8 Å². The summed E-state index contributed by atoms with van der Waals surface area (Å²) < 4.78 is 38.5. The molecule has 4 heterocycles. The van der Waals surface area contributed by atoms with Crippen molar-refractivity contribution in [3.63, 3.8) is 0 Å². The molecule has 0 saturated heterocycles. The summed E-state index contributed by atoms with van der Waals surface area (Å²) in [5, 5.41) is 3.51. The third-order valence-corrected chi connectivity index (χ3v) is 20.2. The van der Waals surface area contributed by atoms with Crippen LogP contribution in [0.5, 0.6) is 0 Å². The SMILES string of the molecule is O=C1/C(=C/c2cc3c(s2)C2=CC4C=C5OC(C(=O)OCc6ccccc6)(C(=O)OCc6ccccc6)c6cc(C=C7C(=O)c8cc9ccccc9cc8C7=O)sc6C5=CC4C=C2OC3(C(=O)OCc2ccccc2)C(=O)OCc2ccccc2)Cc2cc3ccccc3cc21. The van der Waals surface area contributed by atoms with Crippen LogP contribution in [-0.2, 0) is 91.6 Å². The number of hydrogen-bond donors (Lipinski definition) is 0. The Balaban J connectivity index is 0.843. The molecule has 6 aliphatic rings. The van der Waals surface area contributed by atoms with Crippen molar-refractivity contribution < 1.29 is 62.0 Å². The molecule has 462 valence electrons. The molecule has 0 fully saturated rings. The first-order valence-electron chi connectivity index (χ1n) is 30.9. The molecule has 2 atom stereocenters. The van der Waals surface area contributed by atoms with Gasteiger partial charge < -0.3 is 28.4 Å². The van der Waals surface area contributed by atoms with Crippen LogP contribution in [-0.4, -0.2) is 41.2 Å². The molecule has 2 unspecified atom stereocenters. The Morgan fingerprint density at radius 1 is 0.411 bits per heavy atom. The summed E-state index contributed by atoms with van der Waals surface area (Å²) in [6, 6.07) is 62.0. The number of ketones is 3. The number of carbonyl (C=O) groups is 7. The molecule has 13 nitrogen and oxygen atoms in total. The van der Waals surface area contributed by atoms with E-state index < -0.39 is 58.5 Å². The molecule has 0 saturated carbocycles. The lowest BCUT2D eigenvalue weighted by Gasteiger charge is -2.41. The first kappa shape index (κ1) is 58.7. The molecular formula is C80H52O13S2. The Kier molecular flexibility index (Phi) is 14.6. The van der Waals surface area contributed by atoms with Gasteiger partial charge in [0.25, 0.3) is 0 Å². The summed E-state index contributed by atoms with van der Waals surface area (Å²) in [6.07, 6.45) is 11.1. The summed E-state index contributed by atoms with van der Waals surface area (Å²) in [6.45, 7) is -0.906. The third-order valence-electron chi connectivity index (χ3n) is 18.0. The number of allylic oxidation sites excluding steroid dienone is 8. The lowest BCUT2D eigenvalue weighted by molar-refractivity contribution is -0.191. The van der Waals surface area contributed by atoms with Gasteiger partial charge in [-0.15, -0.1) is 22.7 Å². The molecule has 95 heavy (non-hydrogen) atoms. The van der Waals surface area contributed by atoms with Crippen molar-refractivity contribution in [1.82, 2.24) is 0 Å². The van der Waals surface area contributed by atoms with Gasteiger partial charge in [-0.3, -0.25) is 14.4 Å². The van der Waals surface area contributed by atoms with Crippen molar-refractivity contribution in [3.05, 3.63) is 328 Å². The summed E-state index contributed by atoms with van der Waals surface area (Å²) in [7, 11) is 0. The minimum Gasteiger partial charge on any atom is -0.459 e. The average Bonchev–Trinajstić information content (AvgIpc) is 1.70. The number of thiophene rings is 2. The van der Waals surface area contributed by atoms with E-state index in [1.54, 1.807) is 109 Å². The highest BCUT2D eigenvalue weighted by Crippen LogP contribution is 2.57. The van der Waals surface area contributed by atoms with E-state index in [0.29, 0.717) is 70.5 Å². The number of fused-ring (bicyclic) bond motifs is 11. The van der Waals surface area contributed by atoms with Crippen LogP contribution in [0.15, 0.2) is 253 Å². The van der Waals surface area contributed by atoms with Crippen LogP contribution in [0, 0.1) is 11.8 Å². The van der Waals surface area contributed by atoms with E-state index in [2.05, 4.69) is 0 Å². The maximum atomic E-state index is 15.5. The molecule has 15 heteroatoms. The second-order valence-electron chi connectivity index (χ2n) is 24.0. The van der Waals surface area contributed by atoms with Crippen molar-refractivity contribution in [1.29, 1.82) is 0 Å². The number of benzene rings is 8. The maximum absolute atomic E-state index is 15.5. The van der Waals surface area contributed by atoms with Gasteiger partial charge in [0, 0.05) is 82.3 Å². The number of Topliss-reactive ketones (excluding diaryl/α,β-unsaturated/α-hetero) is 3. The van der Waals surface area contributed by atoms with E-state index >= 15 is 19.2 Å². The van der Waals surface area contributed by atoms with Gasteiger partial charge in [-0.2, -0.15) is 0 Å². The highest BCUT2D eigenvalue weighted by Gasteiger charge is 2.62. The molecule has 0 radical (unpaired) electrons. The van der Waals surface area contributed by atoms with Crippen LogP contribution in [0.2, 0.25) is 0 Å². The van der Waals surface area contributed by atoms with Crippen LogP contribution in [0.4, 0.5) is 0 Å². The van der Waals surface area contributed by atoms with Crippen molar-refractivity contribution in [3.8, 4) is 0 Å². The second-order valence-corrected chi connectivity index (χ2v) is 26.1. The van der Waals surface area contributed by atoms with Crippen LogP contribution in [0.1, 0.15) is 89.5 Å². The fourth-order valence-corrected chi connectivity index (χ4v) is 15.6. The van der Waals surface area contributed by atoms with E-state index in [1.165, 1.54) is 17.4 Å². The van der Waals surface area contributed by atoms with Gasteiger partial charge in [-0.25, -0.2) is 19.2 Å². The van der Waals surface area contributed by atoms with Gasteiger partial charge in [0.15, 0.2) is 17.3 Å². The zero-order chi connectivity index (χ0) is 64.5. The monoisotopic (exact) mass is 1280 g/mol. The number of rotatable bonds is 14. The maximum Gasteiger partial charge on any atom is 0.367 e. The zero-order valence-corrected chi connectivity index (χ0v) is 52.0. The molecule has 2 aliphatic heterocycles. The number of ether oxygens (including phenoxy) is 6.